The molecule has 0 bridgehead atoms. The van der Waals surface area contributed by atoms with Crippen molar-refractivity contribution in [2.45, 2.75) is 44.6 Å². The molecule has 2 aliphatic heterocycles. The molecule has 0 unspecified atom stereocenters. The Hall–Kier alpha value is -2.63. The lowest BCUT2D eigenvalue weighted by Crippen LogP contribution is -2.55. The van der Waals surface area contributed by atoms with Gasteiger partial charge in [-0.15, -0.1) is 0 Å². The Labute approximate surface area is 164 Å². The summed E-state index contributed by atoms with van der Waals surface area (Å²) in [4.78, 5) is 29.7. The van der Waals surface area contributed by atoms with E-state index in [1.807, 2.05) is 35.2 Å². The first kappa shape index (κ1) is 17.5. The molecule has 1 spiro atoms. The van der Waals surface area contributed by atoms with E-state index in [0.29, 0.717) is 36.2 Å². The van der Waals surface area contributed by atoms with Gasteiger partial charge in [0.25, 0.3) is 5.91 Å². The predicted molar refractivity (Wildman–Crippen MR) is 103 cm³/mol. The smallest absolute Gasteiger partial charge is 0.259 e. The summed E-state index contributed by atoms with van der Waals surface area (Å²) >= 11 is 0. The standard InChI is InChI=1S/C22H25N3O3/c26-19-9-11-22(15-25(19)17-7-8-17)10-4-12-24(14-22)21(27)18-13-28-23-20(18)16-5-2-1-3-6-16/h1-3,5-6,13,17H,4,7-12,14-15H2/t22-/m0/s1. The lowest BCUT2D eigenvalue weighted by molar-refractivity contribution is -0.139. The van der Waals surface area contributed by atoms with E-state index < -0.39 is 0 Å². The molecule has 2 amide bonds. The van der Waals surface area contributed by atoms with Gasteiger partial charge in [-0.1, -0.05) is 35.5 Å². The minimum atomic E-state index is -0.0194. The van der Waals surface area contributed by atoms with Crippen molar-refractivity contribution in [2.75, 3.05) is 19.6 Å². The van der Waals surface area contributed by atoms with E-state index in [2.05, 4.69) is 10.1 Å². The van der Waals surface area contributed by atoms with Crippen LogP contribution in [0.25, 0.3) is 11.3 Å². The highest BCUT2D eigenvalue weighted by Crippen LogP contribution is 2.42. The number of carbonyl (C=O) groups excluding carboxylic acids is 2. The van der Waals surface area contributed by atoms with E-state index >= 15 is 0 Å². The van der Waals surface area contributed by atoms with Gasteiger partial charge < -0.3 is 14.3 Å². The van der Waals surface area contributed by atoms with Crippen molar-refractivity contribution in [3.8, 4) is 11.3 Å². The SMILES string of the molecule is O=C(c1conc1-c1ccccc1)N1CCC[C@]2(CCC(=O)N(C3CC3)C2)C1. The third-order valence-corrected chi connectivity index (χ3v) is 6.48. The molecule has 28 heavy (non-hydrogen) atoms. The molecule has 1 saturated carbocycles. The molecule has 6 nitrogen and oxygen atoms in total. The van der Waals surface area contributed by atoms with Gasteiger partial charge in [-0.2, -0.15) is 0 Å². The van der Waals surface area contributed by atoms with E-state index in [-0.39, 0.29) is 11.3 Å². The maximum atomic E-state index is 13.3. The van der Waals surface area contributed by atoms with Crippen LogP contribution in [-0.4, -0.2) is 52.4 Å². The van der Waals surface area contributed by atoms with Gasteiger partial charge in [-0.05, 0) is 32.1 Å². The van der Waals surface area contributed by atoms with Crippen molar-refractivity contribution < 1.29 is 14.1 Å². The number of benzene rings is 1. The van der Waals surface area contributed by atoms with Crippen LogP contribution in [-0.2, 0) is 4.79 Å². The minimum Gasteiger partial charge on any atom is -0.363 e. The normalized spacial score (nSPS) is 25.4. The van der Waals surface area contributed by atoms with Crippen LogP contribution in [0.15, 0.2) is 41.1 Å². The molecule has 0 radical (unpaired) electrons. The Morgan fingerprint density at radius 1 is 1.14 bits per heavy atom. The fraction of sp³-hybridized carbons (Fsp3) is 0.500. The average Bonchev–Trinajstić information content (AvgIpc) is 3.46. The summed E-state index contributed by atoms with van der Waals surface area (Å²) in [5.41, 5.74) is 2.04. The summed E-state index contributed by atoms with van der Waals surface area (Å²) in [5, 5.41) is 4.08. The van der Waals surface area contributed by atoms with Gasteiger partial charge in [-0.3, -0.25) is 9.59 Å². The van der Waals surface area contributed by atoms with Crippen molar-refractivity contribution in [1.29, 1.82) is 0 Å². The molecule has 3 aliphatic rings. The zero-order valence-electron chi connectivity index (χ0n) is 16.0. The molecule has 6 heteroatoms. The molecule has 2 aromatic rings. The average molecular weight is 379 g/mol. The van der Waals surface area contributed by atoms with Crippen molar-refractivity contribution >= 4 is 11.8 Å². The molecular formula is C22H25N3O3. The van der Waals surface area contributed by atoms with Crippen LogP contribution in [0.3, 0.4) is 0 Å². The third kappa shape index (κ3) is 3.11. The molecule has 5 rings (SSSR count). The lowest BCUT2D eigenvalue weighted by Gasteiger charge is -2.48. The van der Waals surface area contributed by atoms with Gasteiger partial charge in [0.1, 0.15) is 17.5 Å². The Morgan fingerprint density at radius 3 is 2.75 bits per heavy atom. The van der Waals surface area contributed by atoms with Crippen molar-refractivity contribution in [2.24, 2.45) is 5.41 Å². The number of carbonyl (C=O) groups is 2. The highest BCUT2D eigenvalue weighted by Gasteiger charge is 2.46. The molecule has 1 aliphatic carbocycles. The monoisotopic (exact) mass is 379 g/mol. The van der Waals surface area contributed by atoms with Crippen molar-refractivity contribution in [3.63, 3.8) is 0 Å². The van der Waals surface area contributed by atoms with Gasteiger partial charge >= 0.3 is 0 Å². The Morgan fingerprint density at radius 2 is 1.96 bits per heavy atom. The van der Waals surface area contributed by atoms with E-state index in [1.54, 1.807) is 0 Å². The first-order valence-corrected chi connectivity index (χ1v) is 10.2. The third-order valence-electron chi connectivity index (χ3n) is 6.48. The first-order valence-electron chi connectivity index (χ1n) is 10.2. The summed E-state index contributed by atoms with van der Waals surface area (Å²) in [6.45, 7) is 2.26. The van der Waals surface area contributed by atoms with Crippen molar-refractivity contribution in [1.82, 2.24) is 15.0 Å². The van der Waals surface area contributed by atoms with E-state index in [0.717, 1.165) is 50.8 Å². The summed E-state index contributed by atoms with van der Waals surface area (Å²) in [6.07, 6.45) is 7.28. The molecule has 3 fully saturated rings. The molecule has 1 aromatic heterocycles. The zero-order valence-corrected chi connectivity index (χ0v) is 16.0. The molecule has 0 N–H and O–H groups in total. The number of nitrogens with zero attached hydrogens (tertiary/aromatic N) is 3. The van der Waals surface area contributed by atoms with Crippen LogP contribution in [0, 0.1) is 5.41 Å². The van der Waals surface area contributed by atoms with E-state index in [9.17, 15) is 9.59 Å². The number of hydrogen-bond acceptors (Lipinski definition) is 4. The molecule has 3 heterocycles. The molecule has 2 saturated heterocycles. The van der Waals surface area contributed by atoms with Gasteiger partial charge in [0, 0.05) is 43.1 Å². The van der Waals surface area contributed by atoms with Crippen LogP contribution in [0.4, 0.5) is 0 Å². The quantitative estimate of drug-likeness (QED) is 0.820. The minimum absolute atomic E-state index is 0.0194. The second-order valence-electron chi connectivity index (χ2n) is 8.53. The van der Waals surface area contributed by atoms with E-state index in [1.165, 1.54) is 6.26 Å². The molecule has 1 aromatic carbocycles. The summed E-state index contributed by atoms with van der Waals surface area (Å²) in [7, 11) is 0. The summed E-state index contributed by atoms with van der Waals surface area (Å²) in [6, 6.07) is 10.1. The fourth-order valence-electron chi connectivity index (χ4n) is 4.84. The van der Waals surface area contributed by atoms with Crippen LogP contribution < -0.4 is 0 Å². The highest BCUT2D eigenvalue weighted by atomic mass is 16.5. The zero-order chi connectivity index (χ0) is 19.1. The number of likely N-dealkylation sites (tertiary alicyclic amines) is 2. The number of piperidine rings is 2. The Balaban J connectivity index is 1.37. The fourth-order valence-corrected chi connectivity index (χ4v) is 4.84. The summed E-state index contributed by atoms with van der Waals surface area (Å²) in [5.74, 6) is 0.274. The molecule has 146 valence electrons. The largest absolute Gasteiger partial charge is 0.363 e. The van der Waals surface area contributed by atoms with Crippen LogP contribution in [0.5, 0.6) is 0 Å². The van der Waals surface area contributed by atoms with Crippen LogP contribution in [0.1, 0.15) is 48.9 Å². The first-order chi connectivity index (χ1) is 13.7. The van der Waals surface area contributed by atoms with Crippen LogP contribution in [0.2, 0.25) is 0 Å². The van der Waals surface area contributed by atoms with Crippen molar-refractivity contribution in [3.05, 3.63) is 42.2 Å². The predicted octanol–water partition coefficient (Wildman–Crippen LogP) is 3.35. The van der Waals surface area contributed by atoms with Gasteiger partial charge in [0.15, 0.2) is 0 Å². The number of hydrogen-bond donors (Lipinski definition) is 0. The molecular weight excluding hydrogens is 354 g/mol. The number of amides is 2. The topological polar surface area (TPSA) is 66.7 Å². The Kier molecular flexibility index (Phi) is 4.22. The lowest BCUT2D eigenvalue weighted by atomic mass is 9.73. The van der Waals surface area contributed by atoms with Gasteiger partial charge in [0.05, 0.1) is 0 Å². The van der Waals surface area contributed by atoms with E-state index in [4.69, 9.17) is 4.52 Å². The van der Waals surface area contributed by atoms with Gasteiger partial charge in [0.2, 0.25) is 5.91 Å². The Bertz CT molecular complexity index is 889. The second kappa shape index (κ2) is 6.76. The number of aromatic nitrogens is 1. The van der Waals surface area contributed by atoms with Gasteiger partial charge in [-0.25, -0.2) is 0 Å². The summed E-state index contributed by atoms with van der Waals surface area (Å²) < 4.78 is 5.17. The highest BCUT2D eigenvalue weighted by molar-refractivity contribution is 5.99. The maximum Gasteiger partial charge on any atom is 0.259 e. The second-order valence-corrected chi connectivity index (χ2v) is 8.53. The molecule has 1 atom stereocenters. The maximum absolute atomic E-state index is 13.3. The van der Waals surface area contributed by atoms with Crippen LogP contribution >= 0.6 is 0 Å². The number of rotatable bonds is 3.